The van der Waals surface area contributed by atoms with Gasteiger partial charge in [-0.15, -0.1) is 0 Å². The molecule has 0 amide bonds. The number of nitrogen functional groups attached to an aromatic ring is 1. The SMILES string of the molecule is CC1=CNC(CCc2nc3c(-c4ccc(-c5ccccc5)nc4)cnn3c(N)c2S(C)(=O)=O)C1. The topological polar surface area (TPSA) is 115 Å². The minimum Gasteiger partial charge on any atom is -0.388 e. The molecule has 34 heavy (non-hydrogen) atoms. The molecule has 4 heterocycles. The fourth-order valence-electron chi connectivity index (χ4n) is 4.42. The van der Waals surface area contributed by atoms with Crippen LogP contribution < -0.4 is 11.1 Å². The van der Waals surface area contributed by atoms with E-state index < -0.39 is 9.84 Å². The third-order valence-electron chi connectivity index (χ3n) is 6.09. The first-order chi connectivity index (χ1) is 16.3. The second-order valence-corrected chi connectivity index (χ2v) is 10.7. The fourth-order valence-corrected chi connectivity index (χ4v) is 5.46. The Labute approximate surface area is 198 Å². The minimum atomic E-state index is -3.60. The number of anilines is 1. The smallest absolute Gasteiger partial charge is 0.180 e. The van der Waals surface area contributed by atoms with Crippen molar-refractivity contribution < 1.29 is 8.42 Å². The van der Waals surface area contributed by atoms with Crippen molar-refractivity contribution in [2.45, 2.75) is 37.1 Å². The Hall–Kier alpha value is -3.72. The van der Waals surface area contributed by atoms with Crippen LogP contribution in [0.3, 0.4) is 0 Å². The largest absolute Gasteiger partial charge is 0.388 e. The van der Waals surface area contributed by atoms with E-state index in [1.807, 2.05) is 48.7 Å². The van der Waals surface area contributed by atoms with Gasteiger partial charge in [0, 0.05) is 35.2 Å². The molecule has 4 aromatic rings. The highest BCUT2D eigenvalue weighted by Gasteiger charge is 2.25. The van der Waals surface area contributed by atoms with E-state index in [1.54, 1.807) is 12.4 Å². The van der Waals surface area contributed by atoms with Crippen molar-refractivity contribution in [3.05, 3.63) is 72.3 Å². The van der Waals surface area contributed by atoms with Gasteiger partial charge in [0.15, 0.2) is 15.5 Å². The number of rotatable bonds is 6. The average molecular weight is 475 g/mol. The number of hydrogen-bond acceptors (Lipinski definition) is 7. The summed E-state index contributed by atoms with van der Waals surface area (Å²) in [6, 6.07) is 14.1. The van der Waals surface area contributed by atoms with Crippen LogP contribution in [0.2, 0.25) is 0 Å². The van der Waals surface area contributed by atoms with Gasteiger partial charge in [0.2, 0.25) is 0 Å². The molecule has 0 radical (unpaired) electrons. The van der Waals surface area contributed by atoms with E-state index in [0.717, 1.165) is 41.5 Å². The van der Waals surface area contributed by atoms with Crippen LogP contribution in [0.5, 0.6) is 0 Å². The van der Waals surface area contributed by atoms with Crippen LogP contribution in [0, 0.1) is 0 Å². The van der Waals surface area contributed by atoms with E-state index >= 15 is 0 Å². The number of pyridine rings is 1. The highest BCUT2D eigenvalue weighted by Crippen LogP contribution is 2.31. The second kappa shape index (κ2) is 8.57. The number of aryl methyl sites for hydroxylation is 1. The van der Waals surface area contributed by atoms with Crippen LogP contribution in [0.1, 0.15) is 25.5 Å². The predicted octanol–water partition coefficient (Wildman–Crippen LogP) is 3.64. The number of hydrogen-bond donors (Lipinski definition) is 2. The van der Waals surface area contributed by atoms with Gasteiger partial charge in [0.1, 0.15) is 10.7 Å². The normalized spacial score (nSPS) is 15.9. The zero-order chi connectivity index (χ0) is 23.9. The monoisotopic (exact) mass is 474 g/mol. The number of benzene rings is 1. The molecule has 3 N–H and O–H groups in total. The molecule has 8 nitrogen and oxygen atoms in total. The van der Waals surface area contributed by atoms with Gasteiger partial charge >= 0.3 is 0 Å². The number of fused-ring (bicyclic) bond motifs is 1. The lowest BCUT2D eigenvalue weighted by molar-refractivity contribution is 0.560. The first-order valence-electron chi connectivity index (χ1n) is 11.1. The zero-order valence-electron chi connectivity index (χ0n) is 19.1. The molecule has 1 aliphatic heterocycles. The van der Waals surface area contributed by atoms with Crippen molar-refractivity contribution in [2.75, 3.05) is 12.0 Å². The van der Waals surface area contributed by atoms with Crippen molar-refractivity contribution in [3.63, 3.8) is 0 Å². The highest BCUT2D eigenvalue weighted by molar-refractivity contribution is 7.91. The van der Waals surface area contributed by atoms with E-state index in [9.17, 15) is 8.42 Å². The predicted molar refractivity (Wildman–Crippen MR) is 133 cm³/mol. The Morgan fingerprint density at radius 3 is 2.56 bits per heavy atom. The summed E-state index contributed by atoms with van der Waals surface area (Å²) in [7, 11) is -3.60. The van der Waals surface area contributed by atoms with Crippen LogP contribution >= 0.6 is 0 Å². The molecule has 174 valence electrons. The molecule has 0 fully saturated rings. The second-order valence-electron chi connectivity index (χ2n) is 8.73. The van der Waals surface area contributed by atoms with Gasteiger partial charge in [-0.2, -0.15) is 9.61 Å². The molecule has 1 atom stereocenters. The van der Waals surface area contributed by atoms with Crippen molar-refractivity contribution in [2.24, 2.45) is 0 Å². The quantitative estimate of drug-likeness (QED) is 0.438. The maximum atomic E-state index is 12.6. The summed E-state index contributed by atoms with van der Waals surface area (Å²) >= 11 is 0. The zero-order valence-corrected chi connectivity index (χ0v) is 19.9. The van der Waals surface area contributed by atoms with Gasteiger partial charge < -0.3 is 11.1 Å². The fraction of sp³-hybridized carbons (Fsp3) is 0.240. The molecule has 9 heteroatoms. The molecular weight excluding hydrogens is 448 g/mol. The molecule has 1 unspecified atom stereocenters. The van der Waals surface area contributed by atoms with E-state index in [0.29, 0.717) is 17.8 Å². The van der Waals surface area contributed by atoms with E-state index in [2.05, 4.69) is 22.3 Å². The summed E-state index contributed by atoms with van der Waals surface area (Å²) in [5.74, 6) is 0.0799. The number of aromatic nitrogens is 4. The molecule has 0 saturated heterocycles. The summed E-state index contributed by atoms with van der Waals surface area (Å²) in [6.07, 6.45) is 8.76. The Morgan fingerprint density at radius 1 is 1.12 bits per heavy atom. The summed E-state index contributed by atoms with van der Waals surface area (Å²) in [5.41, 5.74) is 12.1. The standard InChI is InChI=1S/C25H26N6O2S/c1-16-12-19(27-13-16)9-11-22-23(34(2,32)33)24(26)31-25(30-22)20(15-29-31)18-8-10-21(28-14-18)17-6-4-3-5-7-17/h3-8,10,13-15,19,27H,9,11-12,26H2,1-2H3. The number of sulfone groups is 1. The lowest BCUT2D eigenvalue weighted by Crippen LogP contribution is -2.21. The van der Waals surface area contributed by atoms with Crippen LogP contribution in [-0.2, 0) is 16.3 Å². The molecule has 0 saturated carbocycles. The van der Waals surface area contributed by atoms with Gasteiger partial charge in [-0.3, -0.25) is 4.98 Å². The molecule has 0 aliphatic carbocycles. The van der Waals surface area contributed by atoms with E-state index in [4.69, 9.17) is 10.7 Å². The molecule has 3 aromatic heterocycles. The minimum absolute atomic E-state index is 0.0508. The third-order valence-corrected chi connectivity index (χ3v) is 7.27. The number of nitrogens with zero attached hydrogens (tertiary/aromatic N) is 4. The summed E-state index contributed by atoms with van der Waals surface area (Å²) < 4.78 is 26.6. The van der Waals surface area contributed by atoms with Gasteiger partial charge in [-0.1, -0.05) is 42.0 Å². The average Bonchev–Trinajstić information content (AvgIpc) is 3.44. The molecule has 0 spiro atoms. The molecule has 0 bridgehead atoms. The summed E-state index contributed by atoms with van der Waals surface area (Å²) in [6.45, 7) is 2.08. The Bertz CT molecular complexity index is 1490. The lowest BCUT2D eigenvalue weighted by atomic mass is 10.1. The van der Waals surface area contributed by atoms with Crippen molar-refractivity contribution in [1.82, 2.24) is 24.9 Å². The molecule has 1 aliphatic rings. The Kier molecular flexibility index (Phi) is 5.57. The van der Waals surface area contributed by atoms with Crippen LogP contribution in [-0.4, -0.2) is 40.3 Å². The molecule has 1 aromatic carbocycles. The highest BCUT2D eigenvalue weighted by atomic mass is 32.2. The van der Waals surface area contributed by atoms with Crippen LogP contribution in [0.25, 0.3) is 28.0 Å². The van der Waals surface area contributed by atoms with Crippen molar-refractivity contribution in [1.29, 1.82) is 0 Å². The Morgan fingerprint density at radius 2 is 1.91 bits per heavy atom. The number of nitrogens with two attached hydrogens (primary N) is 1. The van der Waals surface area contributed by atoms with E-state index in [1.165, 1.54) is 10.1 Å². The summed E-state index contributed by atoms with van der Waals surface area (Å²) in [4.78, 5) is 9.42. The summed E-state index contributed by atoms with van der Waals surface area (Å²) in [5, 5.41) is 7.70. The number of nitrogens with one attached hydrogen (secondary N) is 1. The van der Waals surface area contributed by atoms with Gasteiger partial charge in [0.05, 0.1) is 17.6 Å². The van der Waals surface area contributed by atoms with Crippen LogP contribution in [0.15, 0.2) is 71.5 Å². The van der Waals surface area contributed by atoms with E-state index in [-0.39, 0.29) is 16.8 Å². The lowest BCUT2D eigenvalue weighted by Gasteiger charge is -2.15. The van der Waals surface area contributed by atoms with Crippen molar-refractivity contribution in [3.8, 4) is 22.4 Å². The maximum Gasteiger partial charge on any atom is 0.180 e. The van der Waals surface area contributed by atoms with Gasteiger partial charge in [0.25, 0.3) is 0 Å². The Balaban J connectivity index is 1.54. The van der Waals surface area contributed by atoms with Crippen LogP contribution in [0.4, 0.5) is 5.82 Å². The molecule has 5 rings (SSSR count). The van der Waals surface area contributed by atoms with Gasteiger partial charge in [-0.25, -0.2) is 13.4 Å². The third kappa shape index (κ3) is 4.14. The first kappa shape index (κ1) is 22.1. The molecular formula is C25H26N6O2S. The van der Waals surface area contributed by atoms with Crippen molar-refractivity contribution >= 4 is 21.3 Å². The maximum absolute atomic E-state index is 12.6. The van der Waals surface area contributed by atoms with Gasteiger partial charge in [-0.05, 0) is 38.5 Å². The first-order valence-corrected chi connectivity index (χ1v) is 13.0.